The SMILES string of the molecule is NC(c1ccc(F)c(C(F)(F)F)c1)c1cc(Br)ccc1I. The van der Waals surface area contributed by atoms with Gasteiger partial charge in [0.15, 0.2) is 0 Å². The van der Waals surface area contributed by atoms with Crippen molar-refractivity contribution in [2.45, 2.75) is 12.2 Å². The Morgan fingerprint density at radius 2 is 1.76 bits per heavy atom. The highest BCUT2D eigenvalue weighted by atomic mass is 127. The molecule has 0 radical (unpaired) electrons. The van der Waals surface area contributed by atoms with Gasteiger partial charge in [0, 0.05) is 8.04 Å². The van der Waals surface area contributed by atoms with Crippen molar-refractivity contribution in [3.05, 3.63) is 66.9 Å². The van der Waals surface area contributed by atoms with E-state index in [2.05, 4.69) is 38.5 Å². The lowest BCUT2D eigenvalue weighted by Gasteiger charge is -2.17. The third kappa shape index (κ3) is 3.75. The first-order valence-corrected chi connectivity index (χ1v) is 7.64. The molecule has 1 unspecified atom stereocenters. The summed E-state index contributed by atoms with van der Waals surface area (Å²) in [5, 5.41) is 0. The number of nitrogens with two attached hydrogens (primary N) is 1. The van der Waals surface area contributed by atoms with Crippen molar-refractivity contribution in [1.82, 2.24) is 0 Å². The molecule has 0 saturated heterocycles. The summed E-state index contributed by atoms with van der Waals surface area (Å²) >= 11 is 5.35. The molecular formula is C14H9BrF4IN. The van der Waals surface area contributed by atoms with Gasteiger partial charge < -0.3 is 5.73 Å². The quantitative estimate of drug-likeness (QED) is 0.467. The van der Waals surface area contributed by atoms with Crippen molar-refractivity contribution in [2.75, 3.05) is 0 Å². The molecule has 0 saturated carbocycles. The fourth-order valence-corrected chi connectivity index (χ4v) is 2.94. The van der Waals surface area contributed by atoms with Crippen molar-refractivity contribution in [1.29, 1.82) is 0 Å². The summed E-state index contributed by atoms with van der Waals surface area (Å²) in [5.74, 6) is -1.30. The first-order valence-electron chi connectivity index (χ1n) is 5.77. The highest BCUT2D eigenvalue weighted by molar-refractivity contribution is 14.1. The van der Waals surface area contributed by atoms with Crippen LogP contribution in [0.15, 0.2) is 40.9 Å². The molecule has 2 aromatic carbocycles. The summed E-state index contributed by atoms with van der Waals surface area (Å²) in [4.78, 5) is 0. The number of hydrogen-bond donors (Lipinski definition) is 1. The van der Waals surface area contributed by atoms with Crippen molar-refractivity contribution >= 4 is 38.5 Å². The highest BCUT2D eigenvalue weighted by Gasteiger charge is 2.34. The van der Waals surface area contributed by atoms with Gasteiger partial charge in [-0.05, 0) is 64.0 Å². The first-order chi connectivity index (χ1) is 9.70. The maximum absolute atomic E-state index is 13.3. The molecule has 2 aromatic rings. The van der Waals surface area contributed by atoms with E-state index >= 15 is 0 Å². The van der Waals surface area contributed by atoms with Crippen molar-refractivity contribution in [3.8, 4) is 0 Å². The van der Waals surface area contributed by atoms with Crippen LogP contribution in [0.1, 0.15) is 22.7 Å². The number of halogens is 6. The Labute approximate surface area is 140 Å². The van der Waals surface area contributed by atoms with E-state index in [1.54, 1.807) is 12.1 Å². The maximum Gasteiger partial charge on any atom is 0.419 e. The third-order valence-electron chi connectivity index (χ3n) is 2.95. The first kappa shape index (κ1) is 16.7. The lowest BCUT2D eigenvalue weighted by Crippen LogP contribution is -2.16. The van der Waals surface area contributed by atoms with E-state index in [-0.39, 0.29) is 5.56 Å². The Balaban J connectivity index is 2.49. The largest absolute Gasteiger partial charge is 0.419 e. The fraction of sp³-hybridized carbons (Fsp3) is 0.143. The van der Waals surface area contributed by atoms with Gasteiger partial charge in [-0.15, -0.1) is 0 Å². The van der Waals surface area contributed by atoms with Crippen LogP contribution in [0.3, 0.4) is 0 Å². The highest BCUT2D eigenvalue weighted by Crippen LogP contribution is 2.34. The Morgan fingerprint density at radius 3 is 2.38 bits per heavy atom. The molecule has 2 N–H and O–H groups in total. The molecule has 0 amide bonds. The van der Waals surface area contributed by atoms with Gasteiger partial charge in [0.1, 0.15) is 5.82 Å². The molecule has 0 bridgehead atoms. The maximum atomic E-state index is 13.3. The van der Waals surface area contributed by atoms with E-state index in [0.29, 0.717) is 5.56 Å². The molecule has 7 heteroatoms. The Morgan fingerprint density at radius 1 is 1.10 bits per heavy atom. The summed E-state index contributed by atoms with van der Waals surface area (Å²) < 4.78 is 53.1. The molecule has 112 valence electrons. The Bertz CT molecular complexity index is 673. The van der Waals surface area contributed by atoms with Crippen LogP contribution in [0.25, 0.3) is 0 Å². The average Bonchev–Trinajstić information content (AvgIpc) is 2.40. The minimum atomic E-state index is -4.75. The van der Waals surface area contributed by atoms with Crippen LogP contribution in [0, 0.1) is 9.39 Å². The smallest absolute Gasteiger partial charge is 0.320 e. The van der Waals surface area contributed by atoms with E-state index in [1.165, 1.54) is 6.07 Å². The summed E-state index contributed by atoms with van der Waals surface area (Å²) in [6, 6.07) is 7.41. The molecule has 0 fully saturated rings. The van der Waals surface area contributed by atoms with E-state index in [4.69, 9.17) is 5.73 Å². The second-order valence-corrected chi connectivity index (χ2v) is 6.46. The lowest BCUT2D eigenvalue weighted by atomic mass is 9.97. The van der Waals surface area contributed by atoms with Crippen LogP contribution in [0.2, 0.25) is 0 Å². The van der Waals surface area contributed by atoms with Gasteiger partial charge in [-0.1, -0.05) is 22.0 Å². The number of benzene rings is 2. The molecule has 1 atom stereocenters. The second-order valence-electron chi connectivity index (χ2n) is 4.38. The van der Waals surface area contributed by atoms with E-state index in [0.717, 1.165) is 20.2 Å². The molecule has 0 aliphatic carbocycles. The average molecular weight is 474 g/mol. The zero-order chi connectivity index (χ0) is 15.8. The number of alkyl halides is 3. The molecule has 21 heavy (non-hydrogen) atoms. The molecule has 0 spiro atoms. The molecular weight excluding hydrogens is 465 g/mol. The van der Waals surface area contributed by atoms with Crippen LogP contribution >= 0.6 is 38.5 Å². The van der Waals surface area contributed by atoms with E-state index in [1.807, 2.05) is 6.07 Å². The lowest BCUT2D eigenvalue weighted by molar-refractivity contribution is -0.140. The van der Waals surface area contributed by atoms with Gasteiger partial charge in [0.05, 0.1) is 11.6 Å². The van der Waals surface area contributed by atoms with E-state index in [9.17, 15) is 17.6 Å². The van der Waals surface area contributed by atoms with E-state index < -0.39 is 23.6 Å². The van der Waals surface area contributed by atoms with Crippen LogP contribution < -0.4 is 5.73 Å². The third-order valence-corrected chi connectivity index (χ3v) is 4.42. The van der Waals surface area contributed by atoms with Crippen LogP contribution in [0.5, 0.6) is 0 Å². The Kier molecular flexibility index (Phi) is 4.94. The zero-order valence-corrected chi connectivity index (χ0v) is 14.1. The summed E-state index contributed by atoms with van der Waals surface area (Å²) in [6.07, 6.45) is -4.75. The molecule has 0 aliphatic heterocycles. The predicted molar refractivity (Wildman–Crippen MR) is 84.3 cm³/mol. The van der Waals surface area contributed by atoms with Gasteiger partial charge in [0.25, 0.3) is 0 Å². The Hall–Kier alpha value is -0.670. The van der Waals surface area contributed by atoms with Crippen LogP contribution in [0.4, 0.5) is 17.6 Å². The van der Waals surface area contributed by atoms with Gasteiger partial charge in [0.2, 0.25) is 0 Å². The van der Waals surface area contributed by atoms with Crippen molar-refractivity contribution < 1.29 is 17.6 Å². The summed E-state index contributed by atoms with van der Waals surface area (Å²) in [5.41, 5.74) is 5.61. The number of rotatable bonds is 2. The predicted octanol–water partition coefficient (Wildman–Crippen LogP) is 5.26. The summed E-state index contributed by atoms with van der Waals surface area (Å²) in [6.45, 7) is 0. The minimum Gasteiger partial charge on any atom is -0.320 e. The molecule has 2 rings (SSSR count). The van der Waals surface area contributed by atoms with Crippen LogP contribution in [-0.2, 0) is 6.18 Å². The molecule has 0 aromatic heterocycles. The second kappa shape index (κ2) is 6.21. The molecule has 1 nitrogen and oxygen atoms in total. The monoisotopic (exact) mass is 473 g/mol. The number of hydrogen-bond acceptors (Lipinski definition) is 1. The fourth-order valence-electron chi connectivity index (χ4n) is 1.89. The minimum absolute atomic E-state index is 0.208. The normalized spacial score (nSPS) is 13.3. The van der Waals surface area contributed by atoms with Crippen molar-refractivity contribution in [2.24, 2.45) is 5.73 Å². The van der Waals surface area contributed by atoms with Gasteiger partial charge in [-0.3, -0.25) is 0 Å². The van der Waals surface area contributed by atoms with Gasteiger partial charge >= 0.3 is 6.18 Å². The standard InChI is InChI=1S/C14H9BrF4IN/c15-8-2-4-12(20)9(6-8)13(21)7-1-3-11(16)10(5-7)14(17,18)19/h1-6,13H,21H2. The molecule has 0 heterocycles. The van der Waals surface area contributed by atoms with Gasteiger partial charge in [-0.2, -0.15) is 13.2 Å². The topological polar surface area (TPSA) is 26.0 Å². The van der Waals surface area contributed by atoms with Crippen molar-refractivity contribution in [3.63, 3.8) is 0 Å². The molecule has 0 aliphatic rings. The van der Waals surface area contributed by atoms with Gasteiger partial charge in [-0.25, -0.2) is 4.39 Å². The van der Waals surface area contributed by atoms with Crippen LogP contribution in [-0.4, -0.2) is 0 Å². The zero-order valence-electron chi connectivity index (χ0n) is 10.4. The summed E-state index contributed by atoms with van der Waals surface area (Å²) in [7, 11) is 0.